The van der Waals surface area contributed by atoms with Crippen molar-refractivity contribution in [3.05, 3.63) is 101 Å². The second kappa shape index (κ2) is 5.94. The van der Waals surface area contributed by atoms with Gasteiger partial charge in [0.25, 0.3) is 0 Å². The van der Waals surface area contributed by atoms with Gasteiger partial charge in [-0.2, -0.15) is 0 Å². The number of carboxylic acid groups (broad SMARTS) is 1. The molecule has 1 heterocycles. The van der Waals surface area contributed by atoms with Gasteiger partial charge in [-0.25, -0.2) is 9.69 Å². The molecule has 0 radical (unpaired) electrons. The van der Waals surface area contributed by atoms with Gasteiger partial charge in [0, 0.05) is 10.8 Å². The molecule has 5 nitrogen and oxygen atoms in total. The summed E-state index contributed by atoms with van der Waals surface area (Å²) in [7, 11) is 0. The summed E-state index contributed by atoms with van der Waals surface area (Å²) < 4.78 is 0. The van der Waals surface area contributed by atoms with Crippen LogP contribution in [0.15, 0.2) is 72.8 Å². The SMILES string of the molecule is CC12c3ccccc3C(C)(c3ccccc31)[C@H]1C(=O)N(c3cccc(C(=O)O)c3)C(=O)[C@H]12. The first-order chi connectivity index (χ1) is 15.3. The first-order valence-corrected chi connectivity index (χ1v) is 10.7. The van der Waals surface area contributed by atoms with E-state index in [0.717, 1.165) is 22.3 Å². The van der Waals surface area contributed by atoms with Crippen LogP contribution >= 0.6 is 0 Å². The zero-order valence-electron chi connectivity index (χ0n) is 17.7. The van der Waals surface area contributed by atoms with Crippen LogP contribution in [0, 0.1) is 11.8 Å². The molecule has 32 heavy (non-hydrogen) atoms. The van der Waals surface area contributed by atoms with E-state index in [1.54, 1.807) is 12.1 Å². The topological polar surface area (TPSA) is 74.7 Å². The van der Waals surface area contributed by atoms with Crippen LogP contribution in [0.1, 0.15) is 46.5 Å². The fourth-order valence-electron chi connectivity index (χ4n) is 6.60. The van der Waals surface area contributed by atoms with Crippen LogP contribution in [0.25, 0.3) is 0 Å². The highest BCUT2D eigenvalue weighted by Gasteiger charge is 2.70. The van der Waals surface area contributed by atoms with Crippen molar-refractivity contribution in [3.8, 4) is 0 Å². The fourth-order valence-corrected chi connectivity index (χ4v) is 6.60. The highest BCUT2D eigenvalue weighted by Crippen LogP contribution is 2.66. The Hall–Kier alpha value is -3.73. The Labute approximate surface area is 185 Å². The molecule has 0 saturated carbocycles. The third kappa shape index (κ3) is 1.97. The Bertz CT molecular complexity index is 1240. The molecule has 0 spiro atoms. The molecule has 2 atom stereocenters. The summed E-state index contributed by atoms with van der Waals surface area (Å²) in [6, 6.07) is 22.3. The smallest absolute Gasteiger partial charge is 0.335 e. The molecule has 2 amide bonds. The Balaban J connectivity index is 1.63. The summed E-state index contributed by atoms with van der Waals surface area (Å²) in [6.07, 6.45) is 0. The van der Waals surface area contributed by atoms with Crippen molar-refractivity contribution in [2.75, 3.05) is 4.90 Å². The molecule has 7 rings (SSSR count). The molecule has 4 aliphatic rings. The highest BCUT2D eigenvalue weighted by molar-refractivity contribution is 6.24. The molecule has 0 aromatic heterocycles. The summed E-state index contributed by atoms with van der Waals surface area (Å²) in [5.74, 6) is -2.74. The van der Waals surface area contributed by atoms with Crippen LogP contribution in [0.5, 0.6) is 0 Å². The van der Waals surface area contributed by atoms with E-state index in [-0.39, 0.29) is 17.4 Å². The van der Waals surface area contributed by atoms with Gasteiger partial charge < -0.3 is 5.11 Å². The number of aromatic carboxylic acids is 1. The maximum Gasteiger partial charge on any atom is 0.335 e. The van der Waals surface area contributed by atoms with E-state index in [1.165, 1.54) is 17.0 Å². The van der Waals surface area contributed by atoms with Crippen molar-refractivity contribution >= 4 is 23.5 Å². The number of amides is 2. The summed E-state index contributed by atoms with van der Waals surface area (Å²) in [6.45, 7) is 4.15. The van der Waals surface area contributed by atoms with Crippen molar-refractivity contribution in [2.45, 2.75) is 24.7 Å². The van der Waals surface area contributed by atoms with Crippen LogP contribution in [0.2, 0.25) is 0 Å². The lowest BCUT2D eigenvalue weighted by Gasteiger charge is -2.57. The number of carbonyl (C=O) groups excluding carboxylic acids is 2. The minimum Gasteiger partial charge on any atom is -0.478 e. The van der Waals surface area contributed by atoms with Crippen molar-refractivity contribution in [3.63, 3.8) is 0 Å². The summed E-state index contributed by atoms with van der Waals surface area (Å²) in [5, 5.41) is 9.41. The van der Waals surface area contributed by atoms with Crippen molar-refractivity contribution in [1.29, 1.82) is 0 Å². The summed E-state index contributed by atoms with van der Waals surface area (Å²) in [5.41, 5.74) is 3.41. The maximum absolute atomic E-state index is 13.9. The fraction of sp³-hybridized carbons (Fsp3) is 0.222. The van der Waals surface area contributed by atoms with Gasteiger partial charge in [-0.05, 0) is 40.5 Å². The van der Waals surface area contributed by atoms with Gasteiger partial charge in [0.1, 0.15) is 0 Å². The molecular weight excluding hydrogens is 402 g/mol. The molecule has 0 unspecified atom stereocenters. The third-order valence-corrected chi connectivity index (χ3v) is 7.99. The van der Waals surface area contributed by atoms with Gasteiger partial charge in [0.05, 0.1) is 23.1 Å². The lowest BCUT2D eigenvalue weighted by molar-refractivity contribution is -0.124. The number of anilines is 1. The van der Waals surface area contributed by atoms with E-state index in [2.05, 4.69) is 38.1 Å². The Morgan fingerprint density at radius 3 is 1.59 bits per heavy atom. The van der Waals surface area contributed by atoms with E-state index in [0.29, 0.717) is 5.69 Å². The lowest BCUT2D eigenvalue weighted by Crippen LogP contribution is -2.59. The van der Waals surface area contributed by atoms with Gasteiger partial charge >= 0.3 is 5.97 Å². The predicted molar refractivity (Wildman–Crippen MR) is 119 cm³/mol. The first-order valence-electron chi connectivity index (χ1n) is 10.7. The predicted octanol–water partition coefficient (Wildman–Crippen LogP) is 4.13. The summed E-state index contributed by atoms with van der Waals surface area (Å²) in [4.78, 5) is 40.6. The Morgan fingerprint density at radius 2 is 1.19 bits per heavy atom. The zero-order valence-corrected chi connectivity index (χ0v) is 17.7. The molecule has 1 aliphatic heterocycles. The van der Waals surface area contributed by atoms with Crippen LogP contribution in [-0.4, -0.2) is 22.9 Å². The maximum atomic E-state index is 13.9. The lowest BCUT2D eigenvalue weighted by atomic mass is 9.42. The van der Waals surface area contributed by atoms with Crippen LogP contribution in [0.3, 0.4) is 0 Å². The first kappa shape index (κ1) is 19.0. The molecule has 2 bridgehead atoms. The van der Waals surface area contributed by atoms with Gasteiger partial charge in [-0.3, -0.25) is 9.59 Å². The van der Waals surface area contributed by atoms with Crippen LogP contribution in [-0.2, 0) is 20.4 Å². The normalized spacial score (nSPS) is 29.5. The van der Waals surface area contributed by atoms with E-state index >= 15 is 0 Å². The number of carbonyl (C=O) groups is 3. The zero-order chi connectivity index (χ0) is 22.4. The average Bonchev–Trinajstić information content (AvgIpc) is 3.08. The minimum absolute atomic E-state index is 0.0462. The standard InChI is InChI=1S/C27H21NO4/c1-26-17-10-3-5-12-19(17)27(2,20-13-6-4-11-18(20)26)22-21(26)23(29)28(24(22)30)16-9-7-8-15(14-16)25(31)32/h3-14,21-22H,1-2H3,(H,31,32)/t21-,22+,26?,27?. The second-order valence-electron chi connectivity index (χ2n) is 9.32. The number of rotatable bonds is 2. The molecule has 1 N–H and O–H groups in total. The highest BCUT2D eigenvalue weighted by atomic mass is 16.4. The van der Waals surface area contributed by atoms with Gasteiger partial charge in [-0.15, -0.1) is 0 Å². The Kier molecular flexibility index (Phi) is 3.53. The molecule has 3 aromatic rings. The number of nitrogens with zero attached hydrogens (tertiary/aromatic N) is 1. The van der Waals surface area contributed by atoms with Crippen molar-refractivity contribution < 1.29 is 19.5 Å². The number of hydrogen-bond acceptors (Lipinski definition) is 3. The van der Waals surface area contributed by atoms with Crippen molar-refractivity contribution in [1.82, 2.24) is 0 Å². The molecule has 3 aliphatic carbocycles. The van der Waals surface area contributed by atoms with Crippen molar-refractivity contribution in [2.24, 2.45) is 11.8 Å². The Morgan fingerprint density at radius 1 is 0.750 bits per heavy atom. The molecular formula is C27H21NO4. The van der Waals surface area contributed by atoms with Gasteiger partial charge in [0.2, 0.25) is 11.8 Å². The van der Waals surface area contributed by atoms with Crippen LogP contribution < -0.4 is 4.90 Å². The number of carboxylic acids is 1. The molecule has 3 aromatic carbocycles. The average molecular weight is 423 g/mol. The number of benzene rings is 3. The molecule has 5 heteroatoms. The van der Waals surface area contributed by atoms with E-state index < -0.39 is 28.6 Å². The molecule has 1 saturated heterocycles. The summed E-state index contributed by atoms with van der Waals surface area (Å²) >= 11 is 0. The number of hydrogen-bond donors (Lipinski definition) is 1. The third-order valence-electron chi connectivity index (χ3n) is 7.99. The van der Waals surface area contributed by atoms with Gasteiger partial charge in [0.15, 0.2) is 0 Å². The van der Waals surface area contributed by atoms with Crippen LogP contribution in [0.4, 0.5) is 5.69 Å². The van der Waals surface area contributed by atoms with E-state index in [1.807, 2.05) is 24.3 Å². The quantitative estimate of drug-likeness (QED) is 0.629. The molecule has 158 valence electrons. The largest absolute Gasteiger partial charge is 0.478 e. The van der Waals surface area contributed by atoms with Gasteiger partial charge in [-0.1, -0.05) is 68.4 Å². The second-order valence-corrected chi connectivity index (χ2v) is 9.32. The minimum atomic E-state index is -1.10. The number of imide groups is 1. The van der Waals surface area contributed by atoms with E-state index in [4.69, 9.17) is 0 Å². The monoisotopic (exact) mass is 423 g/mol. The molecule has 1 fully saturated rings. The van der Waals surface area contributed by atoms with E-state index in [9.17, 15) is 19.5 Å².